The van der Waals surface area contributed by atoms with Gasteiger partial charge in [-0.05, 0) is 31.5 Å². The predicted molar refractivity (Wildman–Crippen MR) is 85.3 cm³/mol. The fraction of sp³-hybridized carbons (Fsp3) is 0.500. The van der Waals surface area contributed by atoms with E-state index in [1.54, 1.807) is 19.9 Å². The number of rotatable bonds is 3. The summed E-state index contributed by atoms with van der Waals surface area (Å²) < 4.78 is 13.6. The second kappa shape index (κ2) is 11.1. The molecule has 0 heterocycles. The van der Waals surface area contributed by atoms with Crippen molar-refractivity contribution in [3.63, 3.8) is 0 Å². The first-order valence-electron chi connectivity index (χ1n) is 7.11. The van der Waals surface area contributed by atoms with Gasteiger partial charge in [0, 0.05) is 12.1 Å². The van der Waals surface area contributed by atoms with Gasteiger partial charge in [0.1, 0.15) is 5.82 Å². The molecule has 0 aliphatic carbocycles. The first kappa shape index (κ1) is 20.6. The molecule has 2 N–H and O–H groups in total. The van der Waals surface area contributed by atoms with Crippen molar-refractivity contribution in [3.8, 4) is 0 Å². The van der Waals surface area contributed by atoms with Crippen LogP contribution in [0.3, 0.4) is 0 Å². The summed E-state index contributed by atoms with van der Waals surface area (Å²) in [5.41, 5.74) is 1.35. The second-order valence-electron chi connectivity index (χ2n) is 3.70. The minimum absolute atomic E-state index is 0.101. The van der Waals surface area contributed by atoms with Gasteiger partial charge in [0.25, 0.3) is 0 Å². The van der Waals surface area contributed by atoms with Gasteiger partial charge in [0.2, 0.25) is 5.91 Å². The van der Waals surface area contributed by atoms with Crippen LogP contribution in [0, 0.1) is 18.2 Å². The molecule has 1 aromatic carbocycles. The van der Waals surface area contributed by atoms with E-state index in [4.69, 9.17) is 5.41 Å². The molecule has 114 valence electrons. The fourth-order valence-electron chi connectivity index (χ4n) is 1.46. The van der Waals surface area contributed by atoms with Crippen LogP contribution >= 0.6 is 0 Å². The number of nitrogens with one attached hydrogen (secondary N) is 2. The zero-order valence-electron chi connectivity index (χ0n) is 13.6. The Hall–Kier alpha value is -1.71. The summed E-state index contributed by atoms with van der Waals surface area (Å²) in [6, 6.07) is 3.03. The van der Waals surface area contributed by atoms with Crippen molar-refractivity contribution in [2.75, 3.05) is 5.32 Å². The van der Waals surface area contributed by atoms with E-state index in [9.17, 15) is 9.18 Å². The highest BCUT2D eigenvalue weighted by atomic mass is 19.1. The van der Waals surface area contributed by atoms with Crippen LogP contribution in [0.2, 0.25) is 0 Å². The molecular weight excluding hydrogens is 255 g/mol. The van der Waals surface area contributed by atoms with Gasteiger partial charge < -0.3 is 10.7 Å². The first-order chi connectivity index (χ1) is 9.45. The Morgan fingerprint density at radius 2 is 1.75 bits per heavy atom. The Morgan fingerprint density at radius 3 is 2.15 bits per heavy atom. The van der Waals surface area contributed by atoms with Crippen LogP contribution in [-0.4, -0.2) is 11.6 Å². The number of benzene rings is 1. The molecular formula is C16H27FN2O. The third-order valence-electron chi connectivity index (χ3n) is 2.20. The predicted octanol–water partition coefficient (Wildman–Crippen LogP) is 4.92. The summed E-state index contributed by atoms with van der Waals surface area (Å²) in [6.45, 7) is 13.0. The zero-order valence-corrected chi connectivity index (χ0v) is 13.6. The normalized spacial score (nSPS) is 8.60. The summed E-state index contributed by atoms with van der Waals surface area (Å²) in [7, 11) is 0. The number of carbonyl (C=O) groups excluding carboxylic acids is 1. The van der Waals surface area contributed by atoms with E-state index in [2.05, 4.69) is 5.32 Å². The Labute approximate surface area is 122 Å². The lowest BCUT2D eigenvalue weighted by Gasteiger charge is -2.11. The number of halogens is 1. The van der Waals surface area contributed by atoms with Crippen LogP contribution in [0.25, 0.3) is 0 Å². The van der Waals surface area contributed by atoms with E-state index in [1.807, 2.05) is 27.7 Å². The molecule has 1 aromatic rings. The Morgan fingerprint density at radius 1 is 1.25 bits per heavy atom. The second-order valence-corrected chi connectivity index (χ2v) is 3.70. The highest BCUT2D eigenvalue weighted by Gasteiger charge is 2.13. The van der Waals surface area contributed by atoms with Crippen LogP contribution in [0.4, 0.5) is 10.1 Å². The van der Waals surface area contributed by atoms with E-state index in [1.165, 1.54) is 13.0 Å². The number of hydrogen-bond donors (Lipinski definition) is 2. The third kappa shape index (κ3) is 6.45. The molecule has 0 saturated carbocycles. The van der Waals surface area contributed by atoms with Crippen LogP contribution in [-0.2, 0) is 4.79 Å². The third-order valence-corrected chi connectivity index (χ3v) is 2.20. The van der Waals surface area contributed by atoms with Crippen molar-refractivity contribution in [3.05, 3.63) is 29.1 Å². The van der Waals surface area contributed by atoms with E-state index in [0.717, 1.165) is 0 Å². The minimum atomic E-state index is -0.473. The van der Waals surface area contributed by atoms with Gasteiger partial charge in [-0.1, -0.05) is 34.6 Å². The van der Waals surface area contributed by atoms with Crippen molar-refractivity contribution in [2.24, 2.45) is 0 Å². The SMILES string of the molecule is CC.CC.CCC(=O)Nc1cc(C)cc(F)c1C(C)=N. The zero-order chi connectivity index (χ0) is 16.3. The average Bonchev–Trinajstić information content (AvgIpc) is 2.41. The van der Waals surface area contributed by atoms with E-state index in [0.29, 0.717) is 17.7 Å². The molecule has 0 unspecified atom stereocenters. The number of aryl methyl sites for hydroxylation is 1. The molecule has 0 aromatic heterocycles. The maximum Gasteiger partial charge on any atom is 0.224 e. The molecule has 0 fully saturated rings. The summed E-state index contributed by atoms with van der Waals surface area (Å²) in [4.78, 5) is 11.3. The van der Waals surface area contributed by atoms with E-state index < -0.39 is 5.82 Å². The topological polar surface area (TPSA) is 53.0 Å². The van der Waals surface area contributed by atoms with Gasteiger partial charge >= 0.3 is 0 Å². The van der Waals surface area contributed by atoms with Crippen molar-refractivity contribution in [2.45, 2.75) is 54.9 Å². The number of amides is 1. The Balaban J connectivity index is 0. The van der Waals surface area contributed by atoms with Gasteiger partial charge in [0.05, 0.1) is 11.3 Å². The largest absolute Gasteiger partial charge is 0.325 e. The average molecular weight is 282 g/mol. The lowest BCUT2D eigenvalue weighted by atomic mass is 10.0. The molecule has 4 heteroatoms. The minimum Gasteiger partial charge on any atom is -0.325 e. The molecule has 3 nitrogen and oxygen atoms in total. The molecule has 1 rings (SSSR count). The van der Waals surface area contributed by atoms with Crippen molar-refractivity contribution in [1.29, 1.82) is 5.41 Å². The van der Waals surface area contributed by atoms with Gasteiger partial charge in [-0.15, -0.1) is 0 Å². The molecule has 1 amide bonds. The Bertz CT molecular complexity index is 442. The summed E-state index contributed by atoms with van der Waals surface area (Å²) in [5, 5.41) is 10.1. The molecule has 0 saturated heterocycles. The monoisotopic (exact) mass is 282 g/mol. The first-order valence-corrected chi connectivity index (χ1v) is 7.11. The summed E-state index contributed by atoms with van der Waals surface area (Å²) in [5.74, 6) is -0.661. The van der Waals surface area contributed by atoms with Crippen molar-refractivity contribution in [1.82, 2.24) is 0 Å². The maximum atomic E-state index is 13.6. The standard InChI is InChI=1S/C12H15FN2O.2C2H6/c1-4-11(16)15-10-6-7(2)5-9(13)12(10)8(3)14;2*1-2/h5-6,14H,4H2,1-3H3,(H,15,16);2*1-2H3. The van der Waals surface area contributed by atoms with Crippen molar-refractivity contribution >= 4 is 17.3 Å². The quantitative estimate of drug-likeness (QED) is 0.759. The lowest BCUT2D eigenvalue weighted by molar-refractivity contribution is -0.115. The summed E-state index contributed by atoms with van der Waals surface area (Å²) in [6.07, 6.45) is 0.325. The number of anilines is 1. The molecule has 20 heavy (non-hydrogen) atoms. The Kier molecular flexibility index (Phi) is 11.5. The molecule has 0 aliphatic heterocycles. The van der Waals surface area contributed by atoms with Gasteiger partial charge in [-0.25, -0.2) is 4.39 Å². The van der Waals surface area contributed by atoms with Crippen LogP contribution < -0.4 is 5.32 Å². The fourth-order valence-corrected chi connectivity index (χ4v) is 1.46. The smallest absolute Gasteiger partial charge is 0.224 e. The molecule has 0 bridgehead atoms. The molecule has 0 radical (unpaired) electrons. The van der Waals surface area contributed by atoms with Crippen LogP contribution in [0.1, 0.15) is 59.1 Å². The summed E-state index contributed by atoms with van der Waals surface area (Å²) >= 11 is 0. The van der Waals surface area contributed by atoms with Gasteiger partial charge in [0.15, 0.2) is 0 Å². The van der Waals surface area contributed by atoms with E-state index in [-0.39, 0.29) is 17.2 Å². The van der Waals surface area contributed by atoms with Gasteiger partial charge in [-0.2, -0.15) is 0 Å². The lowest BCUT2D eigenvalue weighted by Crippen LogP contribution is -2.14. The van der Waals surface area contributed by atoms with Crippen LogP contribution in [0.15, 0.2) is 12.1 Å². The highest BCUT2D eigenvalue weighted by Crippen LogP contribution is 2.22. The maximum absolute atomic E-state index is 13.6. The molecule has 0 aliphatic rings. The van der Waals surface area contributed by atoms with E-state index >= 15 is 0 Å². The number of carbonyl (C=O) groups is 1. The van der Waals surface area contributed by atoms with Crippen LogP contribution in [0.5, 0.6) is 0 Å². The molecule has 0 spiro atoms. The van der Waals surface area contributed by atoms with Gasteiger partial charge in [-0.3, -0.25) is 4.79 Å². The highest BCUT2D eigenvalue weighted by molar-refractivity contribution is 6.05. The number of hydrogen-bond acceptors (Lipinski definition) is 2. The van der Waals surface area contributed by atoms with Crippen molar-refractivity contribution < 1.29 is 9.18 Å². The molecule has 0 atom stereocenters.